The second-order valence-electron chi connectivity index (χ2n) is 5.99. The summed E-state index contributed by atoms with van der Waals surface area (Å²) in [6.07, 6.45) is 0. The van der Waals surface area contributed by atoms with Crippen LogP contribution in [0.5, 0.6) is 11.5 Å². The number of anilines is 2. The first kappa shape index (κ1) is 16.4. The molecule has 2 N–H and O–H groups in total. The molecule has 3 aromatic carbocycles. The standard InChI is InChI=1S/C21H18N2O2S/c1-13-20(14-7-9-17(25-2)10-8-14)23-21(26-13)22-18-11-15-5-3-4-6-16(15)12-19(18)24/h3-12,24H,1-2H3,(H,22,23). The number of aryl methyl sites for hydroxylation is 1. The Morgan fingerprint density at radius 1 is 1.00 bits per heavy atom. The molecule has 0 aliphatic rings. The van der Waals surface area contributed by atoms with Gasteiger partial charge in [0.1, 0.15) is 11.5 Å². The summed E-state index contributed by atoms with van der Waals surface area (Å²) in [5, 5.41) is 16.4. The van der Waals surface area contributed by atoms with Crippen molar-refractivity contribution in [1.29, 1.82) is 0 Å². The lowest BCUT2D eigenvalue weighted by atomic mass is 10.1. The lowest BCUT2D eigenvalue weighted by molar-refractivity contribution is 0.415. The fourth-order valence-electron chi connectivity index (χ4n) is 2.91. The van der Waals surface area contributed by atoms with Gasteiger partial charge in [-0.2, -0.15) is 0 Å². The highest BCUT2D eigenvalue weighted by atomic mass is 32.1. The average molecular weight is 362 g/mol. The van der Waals surface area contributed by atoms with Crippen LogP contribution in [0.4, 0.5) is 10.8 Å². The van der Waals surface area contributed by atoms with Crippen LogP contribution in [-0.2, 0) is 0 Å². The Kier molecular flexibility index (Phi) is 4.22. The number of thiazole rings is 1. The maximum absolute atomic E-state index is 10.3. The molecule has 0 radical (unpaired) electrons. The van der Waals surface area contributed by atoms with E-state index in [0.717, 1.165) is 37.8 Å². The lowest BCUT2D eigenvalue weighted by Crippen LogP contribution is -1.91. The van der Waals surface area contributed by atoms with Gasteiger partial charge in [0.25, 0.3) is 0 Å². The first-order chi connectivity index (χ1) is 12.6. The van der Waals surface area contributed by atoms with Crippen molar-refractivity contribution in [3.63, 3.8) is 0 Å². The van der Waals surface area contributed by atoms with Gasteiger partial charge in [0.05, 0.1) is 18.5 Å². The highest BCUT2D eigenvalue weighted by molar-refractivity contribution is 7.16. The van der Waals surface area contributed by atoms with Gasteiger partial charge in [0.15, 0.2) is 5.13 Å². The smallest absolute Gasteiger partial charge is 0.188 e. The molecule has 0 fully saturated rings. The zero-order valence-electron chi connectivity index (χ0n) is 14.5. The molecule has 0 bridgehead atoms. The van der Waals surface area contributed by atoms with Gasteiger partial charge in [-0.05, 0) is 54.1 Å². The van der Waals surface area contributed by atoms with Crippen LogP contribution in [0.15, 0.2) is 60.7 Å². The van der Waals surface area contributed by atoms with E-state index >= 15 is 0 Å². The first-order valence-electron chi connectivity index (χ1n) is 8.24. The summed E-state index contributed by atoms with van der Waals surface area (Å²) in [7, 11) is 1.65. The van der Waals surface area contributed by atoms with Crippen LogP contribution in [0.1, 0.15) is 4.88 Å². The highest BCUT2D eigenvalue weighted by Crippen LogP contribution is 2.36. The molecule has 4 aromatic rings. The number of ether oxygens (including phenoxy) is 1. The van der Waals surface area contributed by atoms with Crippen LogP contribution in [0, 0.1) is 6.92 Å². The molecule has 0 aliphatic carbocycles. The molecule has 0 spiro atoms. The number of hydrogen-bond donors (Lipinski definition) is 2. The van der Waals surface area contributed by atoms with Crippen LogP contribution >= 0.6 is 11.3 Å². The summed E-state index contributed by atoms with van der Waals surface area (Å²) < 4.78 is 5.21. The number of aromatic nitrogens is 1. The molecule has 4 rings (SSSR count). The molecule has 1 aromatic heterocycles. The molecular formula is C21H18N2O2S. The number of nitrogens with zero attached hydrogens (tertiary/aromatic N) is 1. The van der Waals surface area contributed by atoms with Gasteiger partial charge in [-0.1, -0.05) is 24.3 Å². The molecular weight excluding hydrogens is 344 g/mol. The zero-order chi connectivity index (χ0) is 18.1. The molecule has 0 amide bonds. The number of benzene rings is 3. The van der Waals surface area contributed by atoms with E-state index in [2.05, 4.69) is 5.32 Å². The molecule has 5 heteroatoms. The normalized spacial score (nSPS) is 10.8. The molecule has 130 valence electrons. The van der Waals surface area contributed by atoms with E-state index in [0.29, 0.717) is 5.69 Å². The van der Waals surface area contributed by atoms with Crippen molar-refractivity contribution in [2.45, 2.75) is 6.92 Å². The summed E-state index contributed by atoms with van der Waals surface area (Å²) in [6.45, 7) is 2.04. The largest absolute Gasteiger partial charge is 0.506 e. The van der Waals surface area contributed by atoms with Gasteiger partial charge in [0, 0.05) is 10.4 Å². The molecule has 1 heterocycles. The Hall–Kier alpha value is -3.05. The third-order valence-electron chi connectivity index (χ3n) is 4.27. The summed E-state index contributed by atoms with van der Waals surface area (Å²) >= 11 is 1.56. The van der Waals surface area contributed by atoms with Crippen LogP contribution in [0.25, 0.3) is 22.0 Å². The Balaban J connectivity index is 1.66. The minimum atomic E-state index is 0.211. The van der Waals surface area contributed by atoms with Crippen LogP contribution in [0.2, 0.25) is 0 Å². The SMILES string of the molecule is COc1ccc(-c2nc(Nc3cc4ccccc4cc3O)sc2C)cc1. The molecule has 0 aliphatic heterocycles. The average Bonchev–Trinajstić information content (AvgIpc) is 3.02. The van der Waals surface area contributed by atoms with Gasteiger partial charge in [-0.3, -0.25) is 0 Å². The molecule has 0 atom stereocenters. The molecule has 0 saturated heterocycles. The topological polar surface area (TPSA) is 54.4 Å². The van der Waals surface area contributed by atoms with Crippen molar-refractivity contribution < 1.29 is 9.84 Å². The van der Waals surface area contributed by atoms with E-state index in [4.69, 9.17) is 9.72 Å². The predicted octanol–water partition coefficient (Wildman–Crippen LogP) is 5.73. The van der Waals surface area contributed by atoms with Crippen LogP contribution in [-0.4, -0.2) is 17.2 Å². The third-order valence-corrected chi connectivity index (χ3v) is 5.15. The Morgan fingerprint density at radius 3 is 2.38 bits per heavy atom. The van der Waals surface area contributed by atoms with Gasteiger partial charge < -0.3 is 15.2 Å². The fourth-order valence-corrected chi connectivity index (χ4v) is 3.76. The predicted molar refractivity (Wildman–Crippen MR) is 108 cm³/mol. The van der Waals surface area contributed by atoms with Gasteiger partial charge >= 0.3 is 0 Å². The maximum Gasteiger partial charge on any atom is 0.188 e. The first-order valence-corrected chi connectivity index (χ1v) is 9.06. The van der Waals surface area contributed by atoms with Gasteiger partial charge in [0.2, 0.25) is 0 Å². The summed E-state index contributed by atoms with van der Waals surface area (Å²) in [4.78, 5) is 5.82. The van der Waals surface area contributed by atoms with E-state index in [-0.39, 0.29) is 5.75 Å². The van der Waals surface area contributed by atoms with Crippen LogP contribution in [0.3, 0.4) is 0 Å². The molecule has 0 unspecified atom stereocenters. The molecule has 0 saturated carbocycles. The minimum absolute atomic E-state index is 0.211. The zero-order valence-corrected chi connectivity index (χ0v) is 15.3. The lowest BCUT2D eigenvalue weighted by Gasteiger charge is -2.07. The van der Waals surface area contributed by atoms with Gasteiger partial charge in [-0.15, -0.1) is 11.3 Å². The number of methoxy groups -OCH3 is 1. The molecule has 26 heavy (non-hydrogen) atoms. The number of rotatable bonds is 4. The molecule has 4 nitrogen and oxygen atoms in total. The third kappa shape index (κ3) is 3.09. The van der Waals surface area contributed by atoms with E-state index in [9.17, 15) is 5.11 Å². The quantitative estimate of drug-likeness (QED) is 0.455. The second kappa shape index (κ2) is 6.69. The summed E-state index contributed by atoms with van der Waals surface area (Å²) in [5.74, 6) is 1.03. The van der Waals surface area contributed by atoms with Crippen LogP contribution < -0.4 is 10.1 Å². The summed E-state index contributed by atoms with van der Waals surface area (Å²) in [6, 6.07) is 19.5. The monoisotopic (exact) mass is 362 g/mol. The van der Waals surface area contributed by atoms with E-state index in [1.54, 1.807) is 24.5 Å². The maximum atomic E-state index is 10.3. The number of aromatic hydroxyl groups is 1. The van der Waals surface area contributed by atoms with Crippen molar-refractivity contribution in [2.75, 3.05) is 12.4 Å². The van der Waals surface area contributed by atoms with E-state index < -0.39 is 0 Å². The van der Waals surface area contributed by atoms with Crippen molar-refractivity contribution >= 4 is 32.9 Å². The van der Waals surface area contributed by atoms with Crippen molar-refractivity contribution in [3.05, 3.63) is 65.5 Å². The van der Waals surface area contributed by atoms with Crippen molar-refractivity contribution in [1.82, 2.24) is 4.98 Å². The van der Waals surface area contributed by atoms with Crippen molar-refractivity contribution in [3.8, 4) is 22.8 Å². The van der Waals surface area contributed by atoms with E-state index in [1.165, 1.54) is 0 Å². The Morgan fingerprint density at radius 2 is 1.69 bits per heavy atom. The number of phenolic OH excluding ortho intramolecular Hbond substituents is 1. The van der Waals surface area contributed by atoms with E-state index in [1.807, 2.05) is 61.5 Å². The number of nitrogens with one attached hydrogen (secondary N) is 1. The minimum Gasteiger partial charge on any atom is -0.506 e. The Labute approximate surface area is 155 Å². The highest BCUT2D eigenvalue weighted by Gasteiger charge is 2.12. The number of fused-ring (bicyclic) bond motifs is 1. The number of hydrogen-bond acceptors (Lipinski definition) is 5. The van der Waals surface area contributed by atoms with Gasteiger partial charge in [-0.25, -0.2) is 4.98 Å². The Bertz CT molecular complexity index is 1070. The van der Waals surface area contributed by atoms with Crippen molar-refractivity contribution in [2.24, 2.45) is 0 Å². The fraction of sp³-hybridized carbons (Fsp3) is 0.0952. The second-order valence-corrected chi connectivity index (χ2v) is 7.20. The number of phenols is 1. The summed E-state index contributed by atoms with van der Waals surface area (Å²) in [5.41, 5.74) is 2.62.